The van der Waals surface area contributed by atoms with Crippen LogP contribution in [-0.2, 0) is 14.3 Å². The van der Waals surface area contributed by atoms with Crippen molar-refractivity contribution in [2.45, 2.75) is 38.8 Å². The topological polar surface area (TPSA) is 56.8 Å². The Bertz CT molecular complexity index is 506. The van der Waals surface area contributed by atoms with Crippen molar-refractivity contribution < 1.29 is 19.0 Å². The van der Waals surface area contributed by atoms with Crippen molar-refractivity contribution in [2.24, 2.45) is 0 Å². The Kier molecular flexibility index (Phi) is 5.08. The summed E-state index contributed by atoms with van der Waals surface area (Å²) in [5, 5.41) is 3.36. The summed E-state index contributed by atoms with van der Waals surface area (Å²) in [6, 6.07) is 6.94. The molecule has 1 N–H and O–H groups in total. The number of hydrogen-bond acceptors (Lipinski definition) is 4. The molecule has 0 radical (unpaired) electrons. The van der Waals surface area contributed by atoms with Gasteiger partial charge in [0.25, 0.3) is 5.91 Å². The zero-order valence-electron chi connectivity index (χ0n) is 12.4. The van der Waals surface area contributed by atoms with Gasteiger partial charge in [0.2, 0.25) is 0 Å². The molecule has 1 aromatic carbocycles. The van der Waals surface area contributed by atoms with E-state index in [1.165, 1.54) is 0 Å². The third-order valence-electron chi connectivity index (χ3n) is 3.05. The van der Waals surface area contributed by atoms with Crippen molar-refractivity contribution in [3.8, 4) is 5.75 Å². The third kappa shape index (κ3) is 4.88. The van der Waals surface area contributed by atoms with Crippen molar-refractivity contribution in [1.82, 2.24) is 5.32 Å². The lowest BCUT2D eigenvalue weighted by Gasteiger charge is -2.18. The second-order valence-electron chi connectivity index (χ2n) is 5.41. The maximum absolute atomic E-state index is 12.0. The van der Waals surface area contributed by atoms with Crippen molar-refractivity contribution in [1.29, 1.82) is 0 Å². The minimum atomic E-state index is -0.612. The van der Waals surface area contributed by atoms with Crippen LogP contribution in [0.1, 0.15) is 20.8 Å². The highest BCUT2D eigenvalue weighted by atomic mass is 35.5. The first kappa shape index (κ1) is 16.1. The fourth-order valence-electron chi connectivity index (χ4n) is 2.02. The highest BCUT2D eigenvalue weighted by Gasteiger charge is 2.32. The lowest BCUT2D eigenvalue weighted by molar-refractivity contribution is -0.140. The second-order valence-corrected chi connectivity index (χ2v) is 5.85. The summed E-state index contributed by atoms with van der Waals surface area (Å²) < 4.78 is 16.6. The molecule has 0 bridgehead atoms. The second kappa shape index (κ2) is 6.64. The van der Waals surface area contributed by atoms with Gasteiger partial charge in [-0.1, -0.05) is 17.7 Å². The predicted octanol–water partition coefficient (Wildman–Crippen LogP) is 2.38. The van der Waals surface area contributed by atoms with Gasteiger partial charge in [-0.2, -0.15) is 0 Å². The molecule has 116 valence electrons. The van der Waals surface area contributed by atoms with Crippen LogP contribution < -0.4 is 10.1 Å². The number of benzene rings is 1. The van der Waals surface area contributed by atoms with Crippen LogP contribution in [0, 0.1) is 0 Å². The number of carbonyl (C=O) groups excluding carboxylic acids is 1. The molecule has 1 saturated heterocycles. The SMILES string of the molecule is C[C@@H](Oc1cccc(Cl)c1)C(=O)NC[C@H]1COC(C)(C)O1. The van der Waals surface area contributed by atoms with E-state index in [0.717, 1.165) is 0 Å². The molecule has 21 heavy (non-hydrogen) atoms. The van der Waals surface area contributed by atoms with Crippen LogP contribution in [0.25, 0.3) is 0 Å². The number of amides is 1. The van der Waals surface area contributed by atoms with E-state index in [1.807, 2.05) is 13.8 Å². The Hall–Kier alpha value is -1.30. The first-order valence-corrected chi connectivity index (χ1v) is 7.25. The van der Waals surface area contributed by atoms with Gasteiger partial charge in [-0.05, 0) is 39.0 Å². The molecule has 0 aromatic heterocycles. The van der Waals surface area contributed by atoms with Crippen LogP contribution >= 0.6 is 11.6 Å². The van der Waals surface area contributed by atoms with E-state index in [1.54, 1.807) is 31.2 Å². The van der Waals surface area contributed by atoms with Crippen molar-refractivity contribution in [3.05, 3.63) is 29.3 Å². The number of halogens is 1. The van der Waals surface area contributed by atoms with Crippen LogP contribution in [0.15, 0.2) is 24.3 Å². The zero-order chi connectivity index (χ0) is 15.5. The normalized spacial score (nSPS) is 21.8. The van der Waals surface area contributed by atoms with Crippen molar-refractivity contribution >= 4 is 17.5 Å². The van der Waals surface area contributed by atoms with Gasteiger partial charge in [0, 0.05) is 11.6 Å². The van der Waals surface area contributed by atoms with Gasteiger partial charge in [0.15, 0.2) is 11.9 Å². The summed E-state index contributed by atoms with van der Waals surface area (Å²) >= 11 is 5.87. The smallest absolute Gasteiger partial charge is 0.260 e. The quantitative estimate of drug-likeness (QED) is 0.907. The number of nitrogens with one attached hydrogen (secondary N) is 1. The molecule has 1 aromatic rings. The molecule has 0 unspecified atom stereocenters. The Morgan fingerprint density at radius 3 is 2.95 bits per heavy atom. The van der Waals surface area contributed by atoms with Gasteiger partial charge in [-0.15, -0.1) is 0 Å². The highest BCUT2D eigenvalue weighted by Crippen LogP contribution is 2.22. The van der Waals surface area contributed by atoms with Gasteiger partial charge in [-0.3, -0.25) is 4.79 Å². The lowest BCUT2D eigenvalue weighted by Crippen LogP contribution is -2.41. The molecule has 6 heteroatoms. The summed E-state index contributed by atoms with van der Waals surface area (Å²) in [5.41, 5.74) is 0. The van der Waals surface area contributed by atoms with Crippen molar-refractivity contribution in [3.63, 3.8) is 0 Å². The molecule has 2 rings (SSSR count). The largest absolute Gasteiger partial charge is 0.481 e. The number of rotatable bonds is 5. The van der Waals surface area contributed by atoms with E-state index in [9.17, 15) is 4.79 Å². The molecule has 1 aliphatic rings. The van der Waals surface area contributed by atoms with Gasteiger partial charge < -0.3 is 19.5 Å². The summed E-state index contributed by atoms with van der Waals surface area (Å²) in [4.78, 5) is 12.0. The monoisotopic (exact) mass is 313 g/mol. The van der Waals surface area contributed by atoms with Crippen LogP contribution in [-0.4, -0.2) is 37.1 Å². The molecule has 0 saturated carbocycles. The number of hydrogen-bond donors (Lipinski definition) is 1. The van der Waals surface area contributed by atoms with Gasteiger partial charge >= 0.3 is 0 Å². The fraction of sp³-hybridized carbons (Fsp3) is 0.533. The Morgan fingerprint density at radius 1 is 1.57 bits per heavy atom. The Labute approximate surface area is 129 Å². The molecule has 0 spiro atoms. The average Bonchev–Trinajstić information content (AvgIpc) is 2.75. The lowest BCUT2D eigenvalue weighted by atomic mass is 10.3. The molecule has 1 amide bonds. The van der Waals surface area contributed by atoms with E-state index < -0.39 is 11.9 Å². The Morgan fingerprint density at radius 2 is 2.33 bits per heavy atom. The zero-order valence-corrected chi connectivity index (χ0v) is 13.1. The summed E-state index contributed by atoms with van der Waals surface area (Å²) in [7, 11) is 0. The minimum absolute atomic E-state index is 0.137. The highest BCUT2D eigenvalue weighted by molar-refractivity contribution is 6.30. The molecule has 1 heterocycles. The van der Waals surface area contributed by atoms with Gasteiger partial charge in [-0.25, -0.2) is 0 Å². The fourth-order valence-corrected chi connectivity index (χ4v) is 2.20. The van der Waals surface area contributed by atoms with Gasteiger partial charge in [0.1, 0.15) is 11.9 Å². The van der Waals surface area contributed by atoms with Crippen molar-refractivity contribution in [2.75, 3.05) is 13.2 Å². The Balaban J connectivity index is 1.78. The van der Waals surface area contributed by atoms with E-state index in [2.05, 4.69) is 5.32 Å². The minimum Gasteiger partial charge on any atom is -0.481 e. The summed E-state index contributed by atoms with van der Waals surface area (Å²) in [6.07, 6.45) is -0.749. The molecule has 2 atom stereocenters. The summed E-state index contributed by atoms with van der Waals surface area (Å²) in [6.45, 7) is 6.24. The molecule has 5 nitrogen and oxygen atoms in total. The number of carbonyl (C=O) groups is 1. The van der Waals surface area contributed by atoms with E-state index >= 15 is 0 Å². The van der Waals surface area contributed by atoms with E-state index in [4.69, 9.17) is 25.8 Å². The van der Waals surface area contributed by atoms with Crippen LogP contribution in [0.3, 0.4) is 0 Å². The maximum Gasteiger partial charge on any atom is 0.260 e. The predicted molar refractivity (Wildman–Crippen MR) is 79.5 cm³/mol. The first-order chi connectivity index (χ1) is 9.85. The third-order valence-corrected chi connectivity index (χ3v) is 3.28. The molecule has 1 fully saturated rings. The molecule has 1 aliphatic heterocycles. The van der Waals surface area contributed by atoms with Gasteiger partial charge in [0.05, 0.1) is 6.61 Å². The van der Waals surface area contributed by atoms with E-state index in [0.29, 0.717) is 23.9 Å². The van der Waals surface area contributed by atoms with Crippen LogP contribution in [0.5, 0.6) is 5.75 Å². The maximum atomic E-state index is 12.0. The van der Waals surface area contributed by atoms with E-state index in [-0.39, 0.29) is 12.0 Å². The molecule has 0 aliphatic carbocycles. The standard InChI is InChI=1S/C15H20ClNO4/c1-10(20-12-6-4-5-11(16)7-12)14(18)17-8-13-9-19-15(2,3)21-13/h4-7,10,13H,8-9H2,1-3H3,(H,17,18)/t10-,13+/m1/s1. The molecular formula is C15H20ClNO4. The average molecular weight is 314 g/mol. The summed E-state index contributed by atoms with van der Waals surface area (Å²) in [5.74, 6) is -0.229. The first-order valence-electron chi connectivity index (χ1n) is 6.87. The molecular weight excluding hydrogens is 294 g/mol. The van der Waals surface area contributed by atoms with Crippen LogP contribution in [0.2, 0.25) is 5.02 Å². The van der Waals surface area contributed by atoms with Crippen LogP contribution in [0.4, 0.5) is 0 Å². The number of ether oxygens (including phenoxy) is 3.